The molecule has 7 nitrogen and oxygen atoms in total. The molecule has 0 saturated heterocycles. The SMILES string of the molecule is CCCn1cc(S(=O)(=O)Nc2ccn[nH]2)nc1C. The fourth-order valence-corrected chi connectivity index (χ4v) is 2.61. The smallest absolute Gasteiger partial charge is 0.282 e. The maximum atomic E-state index is 12.0. The molecule has 2 rings (SSSR count). The minimum absolute atomic E-state index is 0.0167. The quantitative estimate of drug-likeness (QED) is 0.850. The summed E-state index contributed by atoms with van der Waals surface area (Å²) in [6.45, 7) is 4.56. The lowest BCUT2D eigenvalue weighted by atomic mass is 10.5. The zero-order valence-electron chi connectivity index (χ0n) is 10.2. The Bertz CT molecular complexity index is 615. The molecule has 0 aromatic carbocycles. The minimum Gasteiger partial charge on any atom is -0.334 e. The molecule has 0 bridgehead atoms. The summed E-state index contributed by atoms with van der Waals surface area (Å²) in [7, 11) is -3.66. The van der Waals surface area contributed by atoms with Crippen LogP contribution in [0.1, 0.15) is 19.2 Å². The number of nitrogens with zero attached hydrogens (tertiary/aromatic N) is 3. The highest BCUT2D eigenvalue weighted by molar-refractivity contribution is 7.92. The maximum absolute atomic E-state index is 12.0. The summed E-state index contributed by atoms with van der Waals surface area (Å²) < 4.78 is 28.3. The number of sulfonamides is 1. The third-order valence-electron chi connectivity index (χ3n) is 2.44. The fraction of sp³-hybridized carbons (Fsp3) is 0.400. The van der Waals surface area contributed by atoms with Crippen molar-refractivity contribution in [2.45, 2.75) is 31.8 Å². The largest absolute Gasteiger partial charge is 0.334 e. The second-order valence-electron chi connectivity index (χ2n) is 3.90. The Balaban J connectivity index is 2.27. The molecule has 0 radical (unpaired) electrons. The van der Waals surface area contributed by atoms with Gasteiger partial charge in [-0.3, -0.25) is 9.82 Å². The van der Waals surface area contributed by atoms with Crippen LogP contribution in [-0.4, -0.2) is 28.2 Å². The van der Waals surface area contributed by atoms with Crippen LogP contribution in [0, 0.1) is 6.92 Å². The first-order valence-electron chi connectivity index (χ1n) is 5.59. The number of rotatable bonds is 5. The van der Waals surface area contributed by atoms with E-state index >= 15 is 0 Å². The predicted molar refractivity (Wildman–Crippen MR) is 66.7 cm³/mol. The van der Waals surface area contributed by atoms with Gasteiger partial charge in [-0.05, 0) is 13.3 Å². The van der Waals surface area contributed by atoms with Crippen molar-refractivity contribution in [2.24, 2.45) is 0 Å². The van der Waals surface area contributed by atoms with Crippen molar-refractivity contribution >= 4 is 15.8 Å². The number of aromatic nitrogens is 4. The normalized spacial score (nSPS) is 11.7. The molecule has 0 fully saturated rings. The summed E-state index contributed by atoms with van der Waals surface area (Å²) in [5.41, 5.74) is 0. The Morgan fingerprint density at radius 3 is 2.89 bits per heavy atom. The standard InChI is InChI=1S/C10H15N5O2S/c1-3-6-15-7-10(12-8(15)2)18(16,17)14-9-4-5-11-13-9/h4-5,7H,3,6H2,1-2H3,(H2,11,13,14). The van der Waals surface area contributed by atoms with E-state index in [9.17, 15) is 8.42 Å². The molecule has 18 heavy (non-hydrogen) atoms. The van der Waals surface area contributed by atoms with Crippen molar-refractivity contribution in [3.8, 4) is 0 Å². The van der Waals surface area contributed by atoms with E-state index in [4.69, 9.17) is 0 Å². The summed E-state index contributed by atoms with van der Waals surface area (Å²) in [5.74, 6) is 1.000. The molecule has 0 spiro atoms. The van der Waals surface area contributed by atoms with E-state index in [0.717, 1.165) is 13.0 Å². The highest BCUT2D eigenvalue weighted by Gasteiger charge is 2.19. The number of aryl methyl sites for hydroxylation is 2. The molecule has 0 saturated carbocycles. The average molecular weight is 269 g/mol. The minimum atomic E-state index is -3.66. The molecule has 0 aliphatic rings. The number of hydrogen-bond acceptors (Lipinski definition) is 4. The highest BCUT2D eigenvalue weighted by Crippen LogP contribution is 2.13. The Morgan fingerprint density at radius 1 is 1.50 bits per heavy atom. The zero-order chi connectivity index (χ0) is 13.2. The maximum Gasteiger partial charge on any atom is 0.282 e. The lowest BCUT2D eigenvalue weighted by Crippen LogP contribution is -2.13. The zero-order valence-corrected chi connectivity index (χ0v) is 11.0. The number of aromatic amines is 1. The first-order valence-corrected chi connectivity index (χ1v) is 7.07. The van der Waals surface area contributed by atoms with Crippen LogP contribution in [0.15, 0.2) is 23.5 Å². The Morgan fingerprint density at radius 2 is 2.28 bits per heavy atom. The highest BCUT2D eigenvalue weighted by atomic mass is 32.2. The molecule has 0 atom stereocenters. The molecular weight excluding hydrogens is 254 g/mol. The van der Waals surface area contributed by atoms with E-state index in [0.29, 0.717) is 11.6 Å². The number of imidazole rings is 1. The van der Waals surface area contributed by atoms with Crippen molar-refractivity contribution < 1.29 is 8.42 Å². The van der Waals surface area contributed by atoms with Gasteiger partial charge in [0, 0.05) is 18.8 Å². The lowest BCUT2D eigenvalue weighted by Gasteiger charge is -2.02. The fourth-order valence-electron chi connectivity index (χ4n) is 1.59. The van der Waals surface area contributed by atoms with E-state index in [2.05, 4.69) is 19.9 Å². The van der Waals surface area contributed by atoms with Gasteiger partial charge in [-0.1, -0.05) is 6.92 Å². The first-order chi connectivity index (χ1) is 8.53. The van der Waals surface area contributed by atoms with E-state index < -0.39 is 10.0 Å². The van der Waals surface area contributed by atoms with E-state index in [1.165, 1.54) is 18.5 Å². The lowest BCUT2D eigenvalue weighted by molar-refractivity contribution is 0.597. The Kier molecular flexibility index (Phi) is 3.37. The Labute approximate surface area is 105 Å². The van der Waals surface area contributed by atoms with Crippen molar-refractivity contribution in [1.82, 2.24) is 19.7 Å². The van der Waals surface area contributed by atoms with Gasteiger partial charge < -0.3 is 4.57 Å². The molecular formula is C10H15N5O2S. The molecule has 0 aliphatic carbocycles. The molecule has 0 aliphatic heterocycles. The van der Waals surface area contributed by atoms with Gasteiger partial charge in [-0.15, -0.1) is 0 Å². The van der Waals surface area contributed by atoms with Crippen LogP contribution in [0.2, 0.25) is 0 Å². The van der Waals surface area contributed by atoms with Crippen molar-refractivity contribution in [3.05, 3.63) is 24.3 Å². The molecule has 2 heterocycles. The number of anilines is 1. The molecule has 0 unspecified atom stereocenters. The van der Waals surface area contributed by atoms with Gasteiger partial charge in [0.15, 0.2) is 5.03 Å². The molecule has 8 heteroatoms. The average Bonchev–Trinajstić information content (AvgIpc) is 2.90. The summed E-state index contributed by atoms with van der Waals surface area (Å²) in [6.07, 6.45) is 3.93. The van der Waals surface area contributed by atoms with Gasteiger partial charge in [0.05, 0.1) is 6.20 Å². The van der Waals surface area contributed by atoms with Crippen LogP contribution in [0.5, 0.6) is 0 Å². The molecule has 2 aromatic heterocycles. The third-order valence-corrected chi connectivity index (χ3v) is 3.67. The third kappa shape index (κ3) is 2.53. The van der Waals surface area contributed by atoms with Crippen LogP contribution < -0.4 is 4.72 Å². The number of hydrogen-bond donors (Lipinski definition) is 2. The van der Waals surface area contributed by atoms with Gasteiger partial charge >= 0.3 is 0 Å². The molecule has 2 N–H and O–H groups in total. The second-order valence-corrected chi connectivity index (χ2v) is 5.52. The predicted octanol–water partition coefficient (Wildman–Crippen LogP) is 1.13. The van der Waals surface area contributed by atoms with E-state index in [-0.39, 0.29) is 5.03 Å². The second kappa shape index (κ2) is 4.81. The Hall–Kier alpha value is -1.83. The summed E-state index contributed by atoms with van der Waals surface area (Å²) in [5, 5.41) is 6.23. The first kappa shape index (κ1) is 12.6. The van der Waals surface area contributed by atoms with Crippen LogP contribution in [0.3, 0.4) is 0 Å². The summed E-state index contributed by atoms with van der Waals surface area (Å²) >= 11 is 0. The number of nitrogens with one attached hydrogen (secondary N) is 2. The van der Waals surface area contributed by atoms with Gasteiger partial charge in [0.25, 0.3) is 10.0 Å². The van der Waals surface area contributed by atoms with E-state index in [1.807, 2.05) is 11.5 Å². The number of H-pyrrole nitrogens is 1. The van der Waals surface area contributed by atoms with Crippen LogP contribution >= 0.6 is 0 Å². The monoisotopic (exact) mass is 269 g/mol. The van der Waals surface area contributed by atoms with Crippen LogP contribution in [0.25, 0.3) is 0 Å². The summed E-state index contributed by atoms with van der Waals surface area (Å²) in [6, 6.07) is 1.54. The summed E-state index contributed by atoms with van der Waals surface area (Å²) in [4.78, 5) is 4.06. The van der Waals surface area contributed by atoms with Gasteiger partial charge in [0.1, 0.15) is 11.6 Å². The van der Waals surface area contributed by atoms with Gasteiger partial charge in [0.2, 0.25) is 0 Å². The van der Waals surface area contributed by atoms with Gasteiger partial charge in [-0.25, -0.2) is 4.98 Å². The molecule has 98 valence electrons. The van der Waals surface area contributed by atoms with Gasteiger partial charge in [-0.2, -0.15) is 13.5 Å². The molecule has 2 aromatic rings. The van der Waals surface area contributed by atoms with Crippen LogP contribution in [-0.2, 0) is 16.6 Å². The van der Waals surface area contributed by atoms with E-state index in [1.54, 1.807) is 6.92 Å². The van der Waals surface area contributed by atoms with Crippen LogP contribution in [0.4, 0.5) is 5.82 Å². The topological polar surface area (TPSA) is 92.7 Å². The van der Waals surface area contributed by atoms with Crippen molar-refractivity contribution in [2.75, 3.05) is 4.72 Å². The van der Waals surface area contributed by atoms with Crippen molar-refractivity contribution in [3.63, 3.8) is 0 Å². The molecule has 0 amide bonds. The van der Waals surface area contributed by atoms with Crippen molar-refractivity contribution in [1.29, 1.82) is 0 Å².